The highest BCUT2D eigenvalue weighted by Gasteiger charge is 2.41. The molecule has 142 valence electrons. The van der Waals surface area contributed by atoms with Gasteiger partial charge in [-0.25, -0.2) is 0 Å². The standard InChI is InChI=1S/C22H26ClN3O/c1-15(27)26(21-12-16-7-10-25-20(21)11-16)19-5-8-22(14-24,9-6-19)17-3-2-4-18(23)13-17/h2-4,7,10-11,13,19,21H,5-6,8-9,12,14,24H2,1H3. The maximum absolute atomic E-state index is 12.5. The highest BCUT2D eigenvalue weighted by molar-refractivity contribution is 6.30. The summed E-state index contributed by atoms with van der Waals surface area (Å²) in [5, 5.41) is 0.754. The molecule has 2 aromatic rings. The molecule has 0 aliphatic heterocycles. The molecule has 1 amide bonds. The van der Waals surface area contributed by atoms with Gasteiger partial charge in [-0.3, -0.25) is 9.78 Å². The van der Waals surface area contributed by atoms with Gasteiger partial charge in [-0.15, -0.1) is 0 Å². The number of nitrogens with two attached hydrogens (primary N) is 1. The topological polar surface area (TPSA) is 59.2 Å². The second kappa shape index (κ2) is 7.25. The van der Waals surface area contributed by atoms with Crippen molar-refractivity contribution in [3.63, 3.8) is 0 Å². The van der Waals surface area contributed by atoms with Gasteiger partial charge in [0.2, 0.25) is 5.91 Å². The predicted molar refractivity (Wildman–Crippen MR) is 108 cm³/mol. The average Bonchev–Trinajstić information content (AvgIpc) is 2.95. The van der Waals surface area contributed by atoms with E-state index in [0.717, 1.165) is 42.8 Å². The van der Waals surface area contributed by atoms with E-state index >= 15 is 0 Å². The van der Waals surface area contributed by atoms with Crippen molar-refractivity contribution in [2.45, 2.75) is 56.5 Å². The van der Waals surface area contributed by atoms with Gasteiger partial charge in [0.05, 0.1) is 11.7 Å². The molecule has 5 heteroatoms. The molecule has 1 fully saturated rings. The van der Waals surface area contributed by atoms with Crippen molar-refractivity contribution in [2.75, 3.05) is 6.54 Å². The number of halogens is 1. The molecular weight excluding hydrogens is 358 g/mol. The second-order valence-electron chi connectivity index (χ2n) is 7.96. The quantitative estimate of drug-likeness (QED) is 0.867. The second-order valence-corrected chi connectivity index (χ2v) is 8.40. The minimum absolute atomic E-state index is 0.0463. The Bertz CT molecular complexity index is 845. The molecule has 4 nitrogen and oxygen atoms in total. The smallest absolute Gasteiger partial charge is 0.220 e. The highest BCUT2D eigenvalue weighted by atomic mass is 35.5. The zero-order valence-electron chi connectivity index (χ0n) is 15.7. The number of hydrogen-bond acceptors (Lipinski definition) is 3. The lowest BCUT2D eigenvalue weighted by Crippen LogP contribution is -2.48. The van der Waals surface area contributed by atoms with E-state index in [0.29, 0.717) is 6.54 Å². The molecular formula is C22H26ClN3O. The monoisotopic (exact) mass is 383 g/mol. The Hall–Kier alpha value is -1.91. The number of aromatic nitrogens is 1. The van der Waals surface area contributed by atoms with Crippen LogP contribution in [0.15, 0.2) is 42.6 Å². The Labute approximate surface area is 165 Å². The van der Waals surface area contributed by atoms with E-state index in [1.807, 2.05) is 30.5 Å². The minimum atomic E-state index is -0.0463. The molecule has 4 rings (SSSR count). The number of pyridine rings is 1. The van der Waals surface area contributed by atoms with Gasteiger partial charge in [-0.2, -0.15) is 0 Å². The highest BCUT2D eigenvalue weighted by Crippen LogP contribution is 2.43. The lowest BCUT2D eigenvalue weighted by Gasteiger charge is -2.45. The fourth-order valence-corrected chi connectivity index (χ4v) is 5.16. The van der Waals surface area contributed by atoms with E-state index in [2.05, 4.69) is 22.0 Å². The number of nitrogens with zero attached hydrogens (tertiary/aromatic N) is 2. The Morgan fingerprint density at radius 2 is 2.07 bits per heavy atom. The summed E-state index contributed by atoms with van der Waals surface area (Å²) in [6.07, 6.45) is 6.57. The molecule has 1 unspecified atom stereocenters. The Morgan fingerprint density at radius 3 is 2.70 bits per heavy atom. The minimum Gasteiger partial charge on any atom is -0.331 e. The number of fused-ring (bicyclic) bond motifs is 2. The molecule has 1 aromatic heterocycles. The third kappa shape index (κ3) is 3.37. The lowest BCUT2D eigenvalue weighted by atomic mass is 9.68. The molecule has 0 radical (unpaired) electrons. The van der Waals surface area contributed by atoms with E-state index < -0.39 is 0 Å². The largest absolute Gasteiger partial charge is 0.331 e. The Balaban J connectivity index is 1.54. The molecule has 1 aromatic carbocycles. The summed E-state index contributed by atoms with van der Waals surface area (Å²) in [6, 6.07) is 12.6. The number of carbonyl (C=O) groups excluding carboxylic acids is 1. The van der Waals surface area contributed by atoms with Gasteiger partial charge in [-0.1, -0.05) is 23.7 Å². The summed E-state index contributed by atoms with van der Waals surface area (Å²) in [6.45, 7) is 2.29. The maximum Gasteiger partial charge on any atom is 0.220 e. The molecule has 27 heavy (non-hydrogen) atoms. The van der Waals surface area contributed by atoms with E-state index in [1.54, 1.807) is 6.92 Å². The third-order valence-corrected chi connectivity index (χ3v) is 6.68. The number of hydrogen-bond donors (Lipinski definition) is 1. The van der Waals surface area contributed by atoms with Gasteiger partial charge in [0, 0.05) is 36.1 Å². The summed E-state index contributed by atoms with van der Waals surface area (Å²) in [5.74, 6) is 0.136. The number of amides is 1. The molecule has 1 saturated carbocycles. The van der Waals surface area contributed by atoms with Crippen LogP contribution in [0.25, 0.3) is 0 Å². The first-order chi connectivity index (χ1) is 13.0. The van der Waals surface area contributed by atoms with Gasteiger partial charge in [0.25, 0.3) is 0 Å². The van der Waals surface area contributed by atoms with E-state index in [-0.39, 0.29) is 23.4 Å². The first-order valence-corrected chi connectivity index (χ1v) is 10.1. The van der Waals surface area contributed by atoms with Crippen molar-refractivity contribution < 1.29 is 4.79 Å². The fourth-order valence-electron chi connectivity index (χ4n) is 4.97. The van der Waals surface area contributed by atoms with Crippen LogP contribution in [0.1, 0.15) is 55.5 Å². The SMILES string of the molecule is CC(=O)N(C1CCC(CN)(c2cccc(Cl)c2)CC1)C1Cc2ccnc1c2. The summed E-state index contributed by atoms with van der Waals surface area (Å²) in [4.78, 5) is 19.1. The normalized spacial score (nSPS) is 26.8. The Morgan fingerprint density at radius 1 is 1.30 bits per heavy atom. The zero-order valence-corrected chi connectivity index (χ0v) is 16.5. The van der Waals surface area contributed by atoms with Crippen LogP contribution in [0.2, 0.25) is 5.02 Å². The van der Waals surface area contributed by atoms with Crippen molar-refractivity contribution in [3.8, 4) is 0 Å². The van der Waals surface area contributed by atoms with E-state index in [1.165, 1.54) is 11.1 Å². The predicted octanol–water partition coefficient (Wildman–Crippen LogP) is 4.02. The third-order valence-electron chi connectivity index (χ3n) is 6.45. The zero-order chi connectivity index (χ0) is 19.0. The van der Waals surface area contributed by atoms with Gasteiger partial charge >= 0.3 is 0 Å². The van der Waals surface area contributed by atoms with Crippen LogP contribution in [-0.2, 0) is 16.6 Å². The molecule has 2 bridgehead atoms. The van der Waals surface area contributed by atoms with Crippen LogP contribution in [0.3, 0.4) is 0 Å². The maximum atomic E-state index is 12.5. The summed E-state index contributed by atoms with van der Waals surface area (Å²) in [7, 11) is 0. The van der Waals surface area contributed by atoms with Crippen molar-refractivity contribution in [2.24, 2.45) is 5.73 Å². The van der Waals surface area contributed by atoms with Gasteiger partial charge in [0.15, 0.2) is 0 Å². The van der Waals surface area contributed by atoms with Crippen LogP contribution < -0.4 is 5.73 Å². The van der Waals surface area contributed by atoms with Crippen LogP contribution in [0.5, 0.6) is 0 Å². The van der Waals surface area contributed by atoms with Crippen LogP contribution >= 0.6 is 11.6 Å². The lowest BCUT2D eigenvalue weighted by molar-refractivity contribution is -0.135. The fraction of sp³-hybridized carbons (Fsp3) is 0.455. The average molecular weight is 384 g/mol. The molecule has 2 aliphatic rings. The number of benzene rings is 1. The summed E-state index contributed by atoms with van der Waals surface area (Å²) >= 11 is 6.22. The van der Waals surface area contributed by atoms with Crippen LogP contribution in [0.4, 0.5) is 0 Å². The van der Waals surface area contributed by atoms with Gasteiger partial charge < -0.3 is 10.6 Å². The van der Waals surface area contributed by atoms with Crippen molar-refractivity contribution in [1.29, 1.82) is 0 Å². The molecule has 0 spiro atoms. The van der Waals surface area contributed by atoms with Gasteiger partial charge in [0.1, 0.15) is 0 Å². The van der Waals surface area contributed by atoms with Crippen molar-refractivity contribution >= 4 is 17.5 Å². The molecule has 0 saturated heterocycles. The van der Waals surface area contributed by atoms with Crippen molar-refractivity contribution in [1.82, 2.24) is 9.88 Å². The Kier molecular flexibility index (Phi) is 4.95. The van der Waals surface area contributed by atoms with E-state index in [9.17, 15) is 4.79 Å². The summed E-state index contributed by atoms with van der Waals surface area (Å²) in [5.41, 5.74) is 9.70. The molecule has 1 atom stereocenters. The molecule has 2 aliphatic carbocycles. The van der Waals surface area contributed by atoms with Crippen molar-refractivity contribution in [3.05, 3.63) is 64.4 Å². The first kappa shape index (κ1) is 18.5. The van der Waals surface area contributed by atoms with Crippen LogP contribution in [-0.4, -0.2) is 28.4 Å². The van der Waals surface area contributed by atoms with E-state index in [4.69, 9.17) is 17.3 Å². The first-order valence-electron chi connectivity index (χ1n) is 9.72. The summed E-state index contributed by atoms with van der Waals surface area (Å²) < 4.78 is 0. The molecule has 1 heterocycles. The van der Waals surface area contributed by atoms with Gasteiger partial charge in [-0.05, 0) is 67.5 Å². The molecule has 2 N–H and O–H groups in total. The number of rotatable bonds is 4. The number of carbonyl (C=O) groups is 1. The van der Waals surface area contributed by atoms with Crippen LogP contribution in [0, 0.1) is 0 Å².